The summed E-state index contributed by atoms with van der Waals surface area (Å²) in [5.41, 5.74) is 1.05. The fourth-order valence-corrected chi connectivity index (χ4v) is 2.46. The van der Waals surface area contributed by atoms with Crippen LogP contribution in [0.1, 0.15) is 13.8 Å². The summed E-state index contributed by atoms with van der Waals surface area (Å²) in [6, 6.07) is 7.92. The molecule has 0 N–H and O–H groups in total. The van der Waals surface area contributed by atoms with E-state index in [0.29, 0.717) is 5.75 Å². The van der Waals surface area contributed by atoms with Crippen LogP contribution in [0.25, 0.3) is 0 Å². The molecule has 3 heteroatoms. The summed E-state index contributed by atoms with van der Waals surface area (Å²) in [7, 11) is 0. The van der Waals surface area contributed by atoms with E-state index < -0.39 is 0 Å². The Morgan fingerprint density at radius 1 is 1.40 bits per heavy atom. The van der Waals surface area contributed by atoms with Crippen LogP contribution in [0.2, 0.25) is 0 Å². The van der Waals surface area contributed by atoms with Gasteiger partial charge in [-0.25, -0.2) is 0 Å². The van der Waals surface area contributed by atoms with Crippen molar-refractivity contribution >= 4 is 33.5 Å². The van der Waals surface area contributed by atoms with Gasteiger partial charge in [0.05, 0.1) is 5.75 Å². The molecule has 0 aliphatic carbocycles. The Labute approximate surface area is 103 Å². The molecule has 0 spiro atoms. The number of benzene rings is 1. The molecule has 0 heterocycles. The van der Waals surface area contributed by atoms with Gasteiger partial charge in [-0.2, -0.15) is 0 Å². The fraction of sp³-hybridized carbons (Fsp3) is 0.250. The third-order valence-corrected chi connectivity index (χ3v) is 3.71. The van der Waals surface area contributed by atoms with Gasteiger partial charge in [-0.3, -0.25) is 4.79 Å². The summed E-state index contributed by atoms with van der Waals surface area (Å²) in [6.45, 7) is 3.86. The second-order valence-electron chi connectivity index (χ2n) is 3.41. The lowest BCUT2D eigenvalue weighted by Crippen LogP contribution is -1.97. The van der Waals surface area contributed by atoms with Crippen molar-refractivity contribution in [1.82, 2.24) is 0 Å². The maximum Gasteiger partial charge on any atom is 0.165 e. The van der Waals surface area contributed by atoms with E-state index >= 15 is 0 Å². The minimum Gasteiger partial charge on any atom is -0.294 e. The zero-order chi connectivity index (χ0) is 11.3. The number of rotatable bonds is 4. The van der Waals surface area contributed by atoms with Crippen molar-refractivity contribution in [3.63, 3.8) is 0 Å². The SMILES string of the molecule is CC(C)=CC(=O)CSc1ccccc1Br. The van der Waals surface area contributed by atoms with E-state index in [2.05, 4.69) is 15.9 Å². The predicted octanol–water partition coefficient (Wildman–Crippen LogP) is 4.08. The molecule has 0 aliphatic rings. The lowest BCUT2D eigenvalue weighted by molar-refractivity contribution is -0.112. The van der Waals surface area contributed by atoms with Crippen LogP contribution in [0.4, 0.5) is 0 Å². The van der Waals surface area contributed by atoms with Crippen LogP contribution in [0.3, 0.4) is 0 Å². The van der Waals surface area contributed by atoms with Crippen molar-refractivity contribution in [3.05, 3.63) is 40.4 Å². The third kappa shape index (κ3) is 4.67. The lowest BCUT2D eigenvalue weighted by atomic mass is 10.3. The number of hydrogen-bond donors (Lipinski definition) is 0. The molecule has 0 aliphatic heterocycles. The maximum absolute atomic E-state index is 11.4. The Bertz CT molecular complexity index is 381. The summed E-state index contributed by atoms with van der Waals surface area (Å²) >= 11 is 5.01. The molecule has 0 amide bonds. The number of hydrogen-bond acceptors (Lipinski definition) is 2. The molecule has 80 valence electrons. The standard InChI is InChI=1S/C12H13BrOS/c1-9(2)7-10(14)8-15-12-6-4-3-5-11(12)13/h3-7H,8H2,1-2H3. The molecule has 0 unspecified atom stereocenters. The van der Waals surface area contributed by atoms with E-state index in [1.807, 2.05) is 38.1 Å². The largest absolute Gasteiger partial charge is 0.294 e. The minimum atomic E-state index is 0.163. The van der Waals surface area contributed by atoms with Crippen LogP contribution in [-0.2, 0) is 4.79 Å². The highest BCUT2D eigenvalue weighted by molar-refractivity contribution is 9.10. The van der Waals surface area contributed by atoms with Crippen LogP contribution < -0.4 is 0 Å². The van der Waals surface area contributed by atoms with Crippen molar-refractivity contribution in [2.24, 2.45) is 0 Å². The summed E-state index contributed by atoms with van der Waals surface area (Å²) in [6.07, 6.45) is 1.68. The number of halogens is 1. The molecule has 1 nitrogen and oxygen atoms in total. The van der Waals surface area contributed by atoms with Crippen LogP contribution in [0, 0.1) is 0 Å². The molecule has 0 bridgehead atoms. The zero-order valence-corrected chi connectivity index (χ0v) is 11.2. The summed E-state index contributed by atoms with van der Waals surface area (Å²) in [5.74, 6) is 0.657. The van der Waals surface area contributed by atoms with E-state index in [0.717, 1.165) is 14.9 Å². The van der Waals surface area contributed by atoms with Crippen molar-refractivity contribution in [2.45, 2.75) is 18.7 Å². The Morgan fingerprint density at radius 2 is 2.07 bits per heavy atom. The van der Waals surface area contributed by atoms with E-state index in [9.17, 15) is 4.79 Å². The van der Waals surface area contributed by atoms with Crippen molar-refractivity contribution < 1.29 is 4.79 Å². The Hall–Kier alpha value is -0.540. The highest BCUT2D eigenvalue weighted by atomic mass is 79.9. The molecule has 0 atom stereocenters. The van der Waals surface area contributed by atoms with Crippen LogP contribution in [-0.4, -0.2) is 11.5 Å². The lowest BCUT2D eigenvalue weighted by Gasteiger charge is -2.01. The quantitative estimate of drug-likeness (QED) is 0.612. The van der Waals surface area contributed by atoms with Gasteiger partial charge >= 0.3 is 0 Å². The first-order valence-electron chi connectivity index (χ1n) is 4.64. The number of thioether (sulfide) groups is 1. The highest BCUT2D eigenvalue weighted by Gasteiger charge is 2.02. The molecule has 0 saturated heterocycles. The van der Waals surface area contributed by atoms with Gasteiger partial charge in [0.1, 0.15) is 0 Å². The first-order valence-corrected chi connectivity index (χ1v) is 6.42. The van der Waals surface area contributed by atoms with Crippen molar-refractivity contribution in [1.29, 1.82) is 0 Å². The molecule has 0 aromatic heterocycles. The molecule has 1 aromatic rings. The monoisotopic (exact) mass is 284 g/mol. The Kier molecular flexibility index (Phi) is 5.12. The average Bonchev–Trinajstić information content (AvgIpc) is 2.15. The smallest absolute Gasteiger partial charge is 0.165 e. The third-order valence-electron chi connectivity index (χ3n) is 1.66. The second kappa shape index (κ2) is 6.13. The van der Waals surface area contributed by atoms with Crippen molar-refractivity contribution in [2.75, 3.05) is 5.75 Å². The van der Waals surface area contributed by atoms with Gasteiger partial charge in [0.25, 0.3) is 0 Å². The maximum atomic E-state index is 11.4. The highest BCUT2D eigenvalue weighted by Crippen LogP contribution is 2.26. The Balaban J connectivity index is 2.55. The van der Waals surface area contributed by atoms with E-state index in [1.54, 1.807) is 17.8 Å². The van der Waals surface area contributed by atoms with Crippen LogP contribution >= 0.6 is 27.7 Å². The number of allylic oxidation sites excluding steroid dienone is 2. The van der Waals surface area contributed by atoms with E-state index in [1.165, 1.54) is 0 Å². The molecule has 0 saturated carbocycles. The predicted molar refractivity (Wildman–Crippen MR) is 69.3 cm³/mol. The summed E-state index contributed by atoms with van der Waals surface area (Å²) in [4.78, 5) is 12.5. The summed E-state index contributed by atoms with van der Waals surface area (Å²) in [5, 5.41) is 0. The molecule has 0 radical (unpaired) electrons. The topological polar surface area (TPSA) is 17.1 Å². The van der Waals surface area contributed by atoms with Crippen LogP contribution in [0.15, 0.2) is 45.3 Å². The fourth-order valence-electron chi connectivity index (χ4n) is 1.07. The van der Waals surface area contributed by atoms with E-state index in [4.69, 9.17) is 0 Å². The second-order valence-corrected chi connectivity index (χ2v) is 5.28. The molecule has 1 aromatic carbocycles. The molecule has 1 rings (SSSR count). The number of ketones is 1. The van der Waals surface area contributed by atoms with Gasteiger partial charge in [0, 0.05) is 9.37 Å². The van der Waals surface area contributed by atoms with Gasteiger partial charge < -0.3 is 0 Å². The average molecular weight is 285 g/mol. The van der Waals surface area contributed by atoms with Crippen molar-refractivity contribution in [3.8, 4) is 0 Å². The summed E-state index contributed by atoms with van der Waals surface area (Å²) < 4.78 is 1.04. The van der Waals surface area contributed by atoms with Crippen LogP contribution in [0.5, 0.6) is 0 Å². The first kappa shape index (κ1) is 12.5. The van der Waals surface area contributed by atoms with Gasteiger partial charge in [-0.1, -0.05) is 17.7 Å². The molecular weight excluding hydrogens is 272 g/mol. The van der Waals surface area contributed by atoms with Gasteiger partial charge in [0.2, 0.25) is 0 Å². The molecule has 0 fully saturated rings. The van der Waals surface area contributed by atoms with Gasteiger partial charge in [-0.05, 0) is 48.0 Å². The zero-order valence-electron chi connectivity index (χ0n) is 8.79. The number of carbonyl (C=O) groups is 1. The minimum absolute atomic E-state index is 0.163. The Morgan fingerprint density at radius 3 is 2.67 bits per heavy atom. The van der Waals surface area contributed by atoms with Gasteiger partial charge in [0.15, 0.2) is 5.78 Å². The van der Waals surface area contributed by atoms with E-state index in [-0.39, 0.29) is 5.78 Å². The first-order chi connectivity index (χ1) is 7.09. The van der Waals surface area contributed by atoms with Gasteiger partial charge in [-0.15, -0.1) is 11.8 Å². The molecule has 15 heavy (non-hydrogen) atoms. The molecular formula is C12H13BrOS. The normalized spacial score (nSPS) is 9.80. The number of carbonyl (C=O) groups excluding carboxylic acids is 1.